The van der Waals surface area contributed by atoms with E-state index in [-0.39, 0.29) is 17.2 Å². The number of halogens is 3. The van der Waals surface area contributed by atoms with E-state index in [1.807, 2.05) is 0 Å². The number of rotatable bonds is 2. The molecule has 1 N–H and O–H groups in total. The zero-order valence-corrected chi connectivity index (χ0v) is 9.72. The molecule has 0 unspecified atom stereocenters. The lowest BCUT2D eigenvalue weighted by Gasteiger charge is -2.12. The number of nitrogens with one attached hydrogen (secondary N) is 1. The van der Waals surface area contributed by atoms with Crippen LogP contribution in [0.25, 0.3) is 0 Å². The second-order valence-corrected chi connectivity index (χ2v) is 3.90. The smallest absolute Gasteiger partial charge is 0.355 e. The summed E-state index contributed by atoms with van der Waals surface area (Å²) >= 11 is 0. The van der Waals surface area contributed by atoms with Gasteiger partial charge in [0.15, 0.2) is 0 Å². The van der Waals surface area contributed by atoms with E-state index in [1.54, 1.807) is 13.8 Å². The Morgan fingerprint density at radius 2 is 1.94 bits per heavy atom. The van der Waals surface area contributed by atoms with Crippen LogP contribution >= 0.6 is 0 Å². The first-order valence-electron chi connectivity index (χ1n) is 5.07. The molecule has 0 spiro atoms. The molecule has 6 heteroatoms. The van der Waals surface area contributed by atoms with Crippen LogP contribution in [0.15, 0.2) is 12.1 Å². The molecule has 0 aliphatic rings. The number of carbonyl (C=O) groups is 1. The molecule has 0 aromatic carbocycles. The Labute approximate surface area is 97.0 Å². The normalized spacial score (nSPS) is 11.7. The van der Waals surface area contributed by atoms with Crippen molar-refractivity contribution in [1.82, 2.24) is 10.3 Å². The highest BCUT2D eigenvalue weighted by Crippen LogP contribution is 2.29. The molecule has 3 nitrogen and oxygen atoms in total. The largest absolute Gasteiger partial charge is 0.433 e. The van der Waals surface area contributed by atoms with E-state index < -0.39 is 17.8 Å². The van der Waals surface area contributed by atoms with Gasteiger partial charge >= 0.3 is 6.18 Å². The van der Waals surface area contributed by atoms with Crippen molar-refractivity contribution in [3.63, 3.8) is 0 Å². The van der Waals surface area contributed by atoms with Gasteiger partial charge in [0, 0.05) is 18.3 Å². The summed E-state index contributed by atoms with van der Waals surface area (Å²) in [5.74, 6) is -0.736. The van der Waals surface area contributed by atoms with Crippen molar-refractivity contribution >= 4 is 5.91 Å². The van der Waals surface area contributed by atoms with Gasteiger partial charge in [0.1, 0.15) is 5.69 Å². The Balaban J connectivity index is 3.34. The minimum atomic E-state index is -4.55. The topological polar surface area (TPSA) is 42.0 Å². The molecule has 0 saturated carbocycles. The highest BCUT2D eigenvalue weighted by Gasteiger charge is 2.33. The van der Waals surface area contributed by atoms with E-state index in [1.165, 1.54) is 13.1 Å². The Kier molecular flexibility index (Phi) is 3.75. The van der Waals surface area contributed by atoms with Crippen LogP contribution in [0.4, 0.5) is 13.2 Å². The number of hydrogen-bond acceptors (Lipinski definition) is 2. The monoisotopic (exact) mass is 246 g/mol. The summed E-state index contributed by atoms with van der Waals surface area (Å²) in [5, 5.41) is 2.29. The van der Waals surface area contributed by atoms with E-state index in [0.717, 1.165) is 6.07 Å². The van der Waals surface area contributed by atoms with Crippen LogP contribution in [-0.2, 0) is 6.18 Å². The molecule has 0 atom stereocenters. The van der Waals surface area contributed by atoms with Crippen molar-refractivity contribution in [2.75, 3.05) is 7.05 Å². The van der Waals surface area contributed by atoms with Crippen molar-refractivity contribution in [1.29, 1.82) is 0 Å². The minimum Gasteiger partial charge on any atom is -0.355 e. The maximum Gasteiger partial charge on any atom is 0.433 e. The summed E-state index contributed by atoms with van der Waals surface area (Å²) in [5.41, 5.74) is -0.820. The van der Waals surface area contributed by atoms with Gasteiger partial charge in [0.2, 0.25) is 0 Å². The fraction of sp³-hybridized carbons (Fsp3) is 0.455. The lowest BCUT2D eigenvalue weighted by molar-refractivity contribution is -0.141. The van der Waals surface area contributed by atoms with Gasteiger partial charge in [-0.3, -0.25) is 4.79 Å². The molecule has 0 fully saturated rings. The number of hydrogen-bond donors (Lipinski definition) is 1. The number of carbonyl (C=O) groups excluding carboxylic acids is 1. The van der Waals surface area contributed by atoms with Crippen molar-refractivity contribution in [2.45, 2.75) is 25.9 Å². The second-order valence-electron chi connectivity index (χ2n) is 3.90. The molecule has 0 aliphatic carbocycles. The van der Waals surface area contributed by atoms with Crippen LogP contribution < -0.4 is 5.32 Å². The molecule has 1 aromatic heterocycles. The maximum atomic E-state index is 12.6. The highest BCUT2D eigenvalue weighted by atomic mass is 19.4. The molecule has 1 heterocycles. The SMILES string of the molecule is CNC(=O)c1cc(C(C)C)nc(C(F)(F)F)c1. The summed E-state index contributed by atoms with van der Waals surface area (Å²) in [6, 6.07) is 2.13. The fourth-order valence-electron chi connectivity index (χ4n) is 1.27. The molecular weight excluding hydrogens is 233 g/mol. The third kappa shape index (κ3) is 3.18. The lowest BCUT2D eigenvalue weighted by Crippen LogP contribution is -2.20. The average Bonchev–Trinajstić information content (AvgIpc) is 2.26. The summed E-state index contributed by atoms with van der Waals surface area (Å²) in [7, 11) is 1.37. The van der Waals surface area contributed by atoms with E-state index >= 15 is 0 Å². The van der Waals surface area contributed by atoms with Gasteiger partial charge in [-0.05, 0) is 18.1 Å². The zero-order chi connectivity index (χ0) is 13.2. The summed E-state index contributed by atoms with van der Waals surface area (Å²) in [6.45, 7) is 3.44. The van der Waals surface area contributed by atoms with Crippen LogP contribution in [0.3, 0.4) is 0 Å². The molecule has 0 radical (unpaired) electrons. The molecule has 17 heavy (non-hydrogen) atoms. The first-order chi connectivity index (χ1) is 7.75. The van der Waals surface area contributed by atoms with Crippen molar-refractivity contribution in [2.24, 2.45) is 0 Å². The van der Waals surface area contributed by atoms with Crippen molar-refractivity contribution < 1.29 is 18.0 Å². The number of alkyl halides is 3. The third-order valence-corrected chi connectivity index (χ3v) is 2.22. The van der Waals surface area contributed by atoms with E-state index in [4.69, 9.17) is 0 Å². The number of nitrogens with zero attached hydrogens (tertiary/aromatic N) is 1. The summed E-state index contributed by atoms with van der Waals surface area (Å²) < 4.78 is 37.8. The van der Waals surface area contributed by atoms with Gasteiger partial charge in [-0.2, -0.15) is 13.2 Å². The second kappa shape index (κ2) is 4.73. The molecule has 1 rings (SSSR count). The zero-order valence-electron chi connectivity index (χ0n) is 9.72. The van der Waals surface area contributed by atoms with Crippen LogP contribution in [0, 0.1) is 0 Å². The van der Waals surface area contributed by atoms with Crippen molar-refractivity contribution in [3.8, 4) is 0 Å². The maximum absolute atomic E-state index is 12.6. The average molecular weight is 246 g/mol. The molecule has 1 aromatic rings. The molecule has 0 aliphatic heterocycles. The molecule has 0 bridgehead atoms. The van der Waals surface area contributed by atoms with Crippen LogP contribution in [0.1, 0.15) is 41.5 Å². The van der Waals surface area contributed by atoms with Crippen LogP contribution in [0.2, 0.25) is 0 Å². The van der Waals surface area contributed by atoms with E-state index in [0.29, 0.717) is 0 Å². The van der Waals surface area contributed by atoms with E-state index in [2.05, 4.69) is 10.3 Å². The fourth-order valence-corrected chi connectivity index (χ4v) is 1.27. The predicted octanol–water partition coefficient (Wildman–Crippen LogP) is 2.58. The Hall–Kier alpha value is -1.59. The van der Waals surface area contributed by atoms with Gasteiger partial charge < -0.3 is 5.32 Å². The minimum absolute atomic E-state index is 0.0291. The molecule has 0 saturated heterocycles. The highest BCUT2D eigenvalue weighted by molar-refractivity contribution is 5.94. The Morgan fingerprint density at radius 1 is 1.35 bits per heavy atom. The molecule has 1 amide bonds. The summed E-state index contributed by atoms with van der Waals surface area (Å²) in [6.07, 6.45) is -4.55. The molecule has 94 valence electrons. The standard InChI is InChI=1S/C11H13F3N2O/c1-6(2)8-4-7(10(17)15-3)5-9(16-8)11(12,13)14/h4-6H,1-3H3,(H,15,17). The summed E-state index contributed by atoms with van der Waals surface area (Å²) in [4.78, 5) is 14.9. The van der Waals surface area contributed by atoms with Crippen LogP contribution in [-0.4, -0.2) is 17.9 Å². The number of aromatic nitrogens is 1. The lowest BCUT2D eigenvalue weighted by atomic mass is 10.1. The first kappa shape index (κ1) is 13.5. The molecular formula is C11H13F3N2O. The first-order valence-corrected chi connectivity index (χ1v) is 5.07. The predicted molar refractivity (Wildman–Crippen MR) is 56.7 cm³/mol. The van der Waals surface area contributed by atoms with Crippen molar-refractivity contribution in [3.05, 3.63) is 29.1 Å². The quantitative estimate of drug-likeness (QED) is 0.871. The van der Waals surface area contributed by atoms with Gasteiger partial charge in [0.05, 0.1) is 0 Å². The van der Waals surface area contributed by atoms with Gasteiger partial charge in [0.25, 0.3) is 5.91 Å². The van der Waals surface area contributed by atoms with Gasteiger partial charge in [-0.25, -0.2) is 4.98 Å². The van der Waals surface area contributed by atoms with Gasteiger partial charge in [-0.1, -0.05) is 13.8 Å². The van der Waals surface area contributed by atoms with E-state index in [9.17, 15) is 18.0 Å². The van der Waals surface area contributed by atoms with Gasteiger partial charge in [-0.15, -0.1) is 0 Å². The third-order valence-electron chi connectivity index (χ3n) is 2.22. The number of amides is 1. The Bertz CT molecular complexity index is 427. The Morgan fingerprint density at radius 3 is 2.35 bits per heavy atom. The van der Waals surface area contributed by atoms with Crippen LogP contribution in [0.5, 0.6) is 0 Å². The number of pyridine rings is 1.